The Morgan fingerprint density at radius 2 is 1.86 bits per heavy atom. The van der Waals surface area contributed by atoms with Crippen LogP contribution in [0.3, 0.4) is 0 Å². The molecule has 0 aliphatic heterocycles. The number of nitrogens with zero attached hydrogens (tertiary/aromatic N) is 1. The third kappa shape index (κ3) is 4.20. The zero-order valence-corrected chi connectivity index (χ0v) is 17.8. The Morgan fingerprint density at radius 1 is 1.21 bits per heavy atom. The summed E-state index contributed by atoms with van der Waals surface area (Å²) in [5, 5.41) is 2.91. The average Bonchev–Trinajstić information content (AvgIpc) is 2.89. The van der Waals surface area contributed by atoms with Crippen LogP contribution in [0.1, 0.15) is 47.1 Å². The first kappa shape index (κ1) is 21.9. The fourth-order valence-corrected chi connectivity index (χ4v) is 3.81. The van der Waals surface area contributed by atoms with Crippen LogP contribution in [-0.4, -0.2) is 50.6 Å². The van der Waals surface area contributed by atoms with Crippen LogP contribution < -0.4 is 10.3 Å². The molecule has 0 atom stereocenters. The lowest BCUT2D eigenvalue weighted by Crippen LogP contribution is -2.24. The van der Waals surface area contributed by atoms with Crippen LogP contribution >= 0.6 is 0 Å². The average molecular weight is 410 g/mol. The van der Waals surface area contributed by atoms with Crippen molar-refractivity contribution in [3.05, 3.63) is 44.9 Å². The first-order valence-electron chi connectivity index (χ1n) is 8.81. The molecule has 0 fully saturated rings. The van der Waals surface area contributed by atoms with E-state index in [0.29, 0.717) is 11.3 Å². The Morgan fingerprint density at radius 3 is 2.36 bits per heavy atom. The van der Waals surface area contributed by atoms with Gasteiger partial charge in [0.05, 0.1) is 6.61 Å². The summed E-state index contributed by atoms with van der Waals surface area (Å²) >= 11 is 0. The molecule has 0 saturated carbocycles. The topological polar surface area (TPSA) is 107 Å². The highest BCUT2D eigenvalue weighted by Gasteiger charge is 2.26. The molecule has 0 unspecified atom stereocenters. The normalized spacial score (nSPS) is 11.8. The number of nitrogens with one attached hydrogen (secondary N) is 1. The summed E-state index contributed by atoms with van der Waals surface area (Å²) in [6, 6.07) is 2.62. The Kier molecular flexibility index (Phi) is 6.51. The minimum Gasteiger partial charge on any atom is -0.490 e. The van der Waals surface area contributed by atoms with E-state index in [-0.39, 0.29) is 41.0 Å². The second kappa shape index (κ2) is 8.32. The van der Waals surface area contributed by atoms with Gasteiger partial charge in [-0.15, -0.1) is 0 Å². The molecule has 9 heteroatoms. The minimum atomic E-state index is -3.57. The van der Waals surface area contributed by atoms with Gasteiger partial charge in [-0.3, -0.25) is 14.7 Å². The molecule has 0 bridgehead atoms. The van der Waals surface area contributed by atoms with E-state index in [2.05, 4.69) is 5.10 Å². The number of aromatic nitrogens is 2. The maximum Gasteiger partial charge on any atom is 0.278 e. The number of hydrogen-bond donors (Lipinski definition) is 1. The first-order valence-corrected chi connectivity index (χ1v) is 10.7. The molecule has 8 nitrogen and oxygen atoms in total. The highest BCUT2D eigenvalue weighted by molar-refractivity contribution is 7.90. The summed E-state index contributed by atoms with van der Waals surface area (Å²) in [4.78, 5) is 25.8. The molecule has 0 aliphatic carbocycles. The monoisotopic (exact) mass is 410 g/mol. The molecule has 1 N–H and O–H groups in total. The number of hydrogen-bond acceptors (Lipinski definition) is 6. The summed E-state index contributed by atoms with van der Waals surface area (Å²) in [6.07, 6.45) is 1.07. The Balaban J connectivity index is 2.62. The van der Waals surface area contributed by atoms with Crippen LogP contribution in [0.5, 0.6) is 5.75 Å². The standard InChI is InChI=1S/C19H26N2O6S/c1-11(2)21-19(23)16(13(4)20-21)17(22)14-7-8-15(28(6,24)25)18(12(14)3)27-10-9-26-5/h7-8,11,20H,9-10H2,1-6H3. The van der Waals surface area contributed by atoms with Crippen LogP contribution in [0.2, 0.25) is 0 Å². The summed E-state index contributed by atoms with van der Waals surface area (Å²) in [5.74, 6) is -0.380. The predicted molar refractivity (Wildman–Crippen MR) is 105 cm³/mol. The highest BCUT2D eigenvalue weighted by Crippen LogP contribution is 2.31. The van der Waals surface area contributed by atoms with Crippen molar-refractivity contribution in [2.24, 2.45) is 0 Å². The number of carbonyl (C=O) groups is 1. The molecular formula is C19H26N2O6S. The number of aromatic amines is 1. The quantitative estimate of drug-likeness (QED) is 0.527. The molecule has 2 rings (SSSR count). The molecular weight excluding hydrogens is 384 g/mol. The lowest BCUT2D eigenvalue weighted by atomic mass is 9.98. The number of rotatable bonds is 8. The van der Waals surface area contributed by atoms with Crippen molar-refractivity contribution >= 4 is 15.6 Å². The SMILES string of the molecule is COCCOc1c(S(C)(=O)=O)ccc(C(=O)c2c(C)[nH]n(C(C)C)c2=O)c1C. The number of H-pyrrole nitrogens is 1. The molecule has 2 aromatic rings. The summed E-state index contributed by atoms with van der Waals surface area (Å²) < 4.78 is 36.2. The predicted octanol–water partition coefficient (Wildman–Crippen LogP) is 2.03. The Labute approximate surface area is 164 Å². The van der Waals surface area contributed by atoms with E-state index in [1.54, 1.807) is 13.8 Å². The van der Waals surface area contributed by atoms with Gasteiger partial charge in [-0.2, -0.15) is 0 Å². The maximum absolute atomic E-state index is 13.1. The fourth-order valence-electron chi connectivity index (χ4n) is 2.95. The molecule has 1 aromatic heterocycles. The third-order valence-corrected chi connectivity index (χ3v) is 5.51. The van der Waals surface area contributed by atoms with E-state index in [4.69, 9.17) is 9.47 Å². The van der Waals surface area contributed by atoms with Crippen molar-refractivity contribution < 1.29 is 22.7 Å². The molecule has 0 amide bonds. The van der Waals surface area contributed by atoms with Gasteiger partial charge in [-0.1, -0.05) is 0 Å². The van der Waals surface area contributed by atoms with Gasteiger partial charge in [0.1, 0.15) is 22.8 Å². The second-order valence-electron chi connectivity index (χ2n) is 6.89. The Bertz CT molecular complexity index is 1050. The summed E-state index contributed by atoms with van der Waals surface area (Å²) in [5.41, 5.74) is 0.657. The van der Waals surface area contributed by atoms with Gasteiger partial charge in [0.15, 0.2) is 9.84 Å². The molecule has 154 valence electrons. The van der Waals surface area contributed by atoms with Crippen LogP contribution in [0.4, 0.5) is 0 Å². The van der Waals surface area contributed by atoms with E-state index >= 15 is 0 Å². The molecule has 28 heavy (non-hydrogen) atoms. The van der Waals surface area contributed by atoms with Crippen molar-refractivity contribution in [1.82, 2.24) is 9.78 Å². The van der Waals surface area contributed by atoms with Crippen LogP contribution in [0.25, 0.3) is 0 Å². The van der Waals surface area contributed by atoms with E-state index in [0.717, 1.165) is 6.26 Å². The first-order chi connectivity index (χ1) is 13.0. The number of carbonyl (C=O) groups excluding carboxylic acids is 1. The number of ether oxygens (including phenoxy) is 2. The minimum absolute atomic E-state index is 0.0111. The van der Waals surface area contributed by atoms with Gasteiger partial charge >= 0.3 is 0 Å². The largest absolute Gasteiger partial charge is 0.490 e. The molecule has 1 aromatic carbocycles. The maximum atomic E-state index is 13.1. The Hall–Kier alpha value is -2.39. The van der Waals surface area contributed by atoms with E-state index in [1.165, 1.54) is 23.9 Å². The second-order valence-corrected chi connectivity index (χ2v) is 8.87. The van der Waals surface area contributed by atoms with Crippen LogP contribution in [0, 0.1) is 13.8 Å². The van der Waals surface area contributed by atoms with Gasteiger partial charge in [0.2, 0.25) is 5.78 Å². The van der Waals surface area contributed by atoms with Gasteiger partial charge in [0.25, 0.3) is 5.56 Å². The summed E-state index contributed by atoms with van der Waals surface area (Å²) in [7, 11) is -2.07. The zero-order chi connectivity index (χ0) is 21.2. The number of benzene rings is 1. The molecule has 0 saturated heterocycles. The number of ketones is 1. The number of methoxy groups -OCH3 is 1. The van der Waals surface area contributed by atoms with Crippen molar-refractivity contribution in [2.45, 2.75) is 38.6 Å². The lowest BCUT2D eigenvalue weighted by Gasteiger charge is -2.15. The molecule has 0 aliphatic rings. The molecule has 0 radical (unpaired) electrons. The van der Waals surface area contributed by atoms with E-state index in [9.17, 15) is 18.0 Å². The van der Waals surface area contributed by atoms with Crippen LogP contribution in [0.15, 0.2) is 21.8 Å². The highest BCUT2D eigenvalue weighted by atomic mass is 32.2. The van der Waals surface area contributed by atoms with E-state index < -0.39 is 21.2 Å². The molecule has 0 spiro atoms. The number of aryl methyl sites for hydroxylation is 1. The van der Waals surface area contributed by atoms with Gasteiger partial charge in [-0.25, -0.2) is 13.1 Å². The lowest BCUT2D eigenvalue weighted by molar-refractivity contribution is 0.103. The van der Waals surface area contributed by atoms with Crippen molar-refractivity contribution in [1.29, 1.82) is 0 Å². The zero-order valence-electron chi connectivity index (χ0n) is 17.0. The number of sulfone groups is 1. The van der Waals surface area contributed by atoms with Gasteiger partial charge in [-0.05, 0) is 39.8 Å². The van der Waals surface area contributed by atoms with Gasteiger partial charge in [0, 0.05) is 36.2 Å². The van der Waals surface area contributed by atoms with Gasteiger partial charge < -0.3 is 9.47 Å². The van der Waals surface area contributed by atoms with Crippen molar-refractivity contribution in [3.63, 3.8) is 0 Å². The smallest absolute Gasteiger partial charge is 0.278 e. The third-order valence-electron chi connectivity index (χ3n) is 4.39. The van der Waals surface area contributed by atoms with Crippen molar-refractivity contribution in [3.8, 4) is 5.75 Å². The summed E-state index contributed by atoms with van der Waals surface area (Å²) in [6.45, 7) is 7.31. The molecule has 1 heterocycles. The van der Waals surface area contributed by atoms with E-state index in [1.807, 2.05) is 13.8 Å². The fraction of sp³-hybridized carbons (Fsp3) is 0.474. The van der Waals surface area contributed by atoms with Crippen molar-refractivity contribution in [2.75, 3.05) is 26.6 Å². The van der Waals surface area contributed by atoms with Crippen LogP contribution in [-0.2, 0) is 14.6 Å².